The molecule has 0 radical (unpaired) electrons. The number of ether oxygens (including phenoxy) is 1. The van der Waals surface area contributed by atoms with E-state index in [4.69, 9.17) is 4.74 Å². The third kappa shape index (κ3) is 5.38. The van der Waals surface area contributed by atoms with E-state index in [1.165, 1.54) is 5.56 Å². The van der Waals surface area contributed by atoms with Crippen LogP contribution in [-0.2, 0) is 11.2 Å². The molecule has 1 heterocycles. The minimum absolute atomic E-state index is 0.200. The van der Waals surface area contributed by atoms with Gasteiger partial charge in [-0.3, -0.25) is 0 Å². The van der Waals surface area contributed by atoms with E-state index in [0.29, 0.717) is 6.04 Å². The van der Waals surface area contributed by atoms with Gasteiger partial charge in [0.05, 0.1) is 0 Å². The number of carbonyl (C=O) groups excluding carboxylic acids is 1. The molecule has 1 amide bonds. The van der Waals surface area contributed by atoms with Crippen LogP contribution in [0.15, 0.2) is 30.3 Å². The highest BCUT2D eigenvalue weighted by Crippen LogP contribution is 2.13. The molecular formula is C17H26N2O2. The van der Waals surface area contributed by atoms with E-state index in [9.17, 15) is 4.79 Å². The summed E-state index contributed by atoms with van der Waals surface area (Å²) < 4.78 is 5.45. The number of piperazine rings is 1. The Morgan fingerprint density at radius 2 is 2.05 bits per heavy atom. The fourth-order valence-electron chi connectivity index (χ4n) is 2.50. The Morgan fingerprint density at radius 1 is 1.33 bits per heavy atom. The lowest BCUT2D eigenvalue weighted by Crippen LogP contribution is -2.53. The average molecular weight is 290 g/mol. The second-order valence-electron chi connectivity index (χ2n) is 6.60. The molecule has 1 N–H and O–H groups in total. The average Bonchev–Trinajstić information content (AvgIpc) is 2.45. The smallest absolute Gasteiger partial charge is 0.410 e. The molecule has 0 aliphatic carbocycles. The Labute approximate surface area is 127 Å². The first-order valence-corrected chi connectivity index (χ1v) is 7.69. The molecule has 1 saturated heterocycles. The van der Waals surface area contributed by atoms with Crippen LogP contribution >= 0.6 is 0 Å². The number of aryl methyl sites for hydroxylation is 1. The molecular weight excluding hydrogens is 264 g/mol. The second-order valence-corrected chi connectivity index (χ2v) is 6.60. The fraction of sp³-hybridized carbons (Fsp3) is 0.588. The van der Waals surface area contributed by atoms with Crippen molar-refractivity contribution in [1.82, 2.24) is 10.2 Å². The molecule has 1 aromatic rings. The summed E-state index contributed by atoms with van der Waals surface area (Å²) in [5.74, 6) is 0. The number of benzene rings is 1. The maximum Gasteiger partial charge on any atom is 0.410 e. The van der Waals surface area contributed by atoms with E-state index in [1.54, 1.807) is 0 Å². The summed E-state index contributed by atoms with van der Waals surface area (Å²) in [6.07, 6.45) is 1.86. The van der Waals surface area contributed by atoms with Gasteiger partial charge in [-0.1, -0.05) is 30.3 Å². The number of nitrogens with zero attached hydrogens (tertiary/aromatic N) is 1. The first-order valence-electron chi connectivity index (χ1n) is 7.69. The molecule has 1 fully saturated rings. The molecule has 1 aliphatic rings. The quantitative estimate of drug-likeness (QED) is 0.930. The first kappa shape index (κ1) is 15.8. The zero-order valence-electron chi connectivity index (χ0n) is 13.3. The molecule has 2 rings (SSSR count). The van der Waals surface area contributed by atoms with Crippen molar-refractivity contribution in [1.29, 1.82) is 0 Å². The minimum Gasteiger partial charge on any atom is -0.444 e. The summed E-state index contributed by atoms with van der Waals surface area (Å²) in [4.78, 5) is 13.9. The van der Waals surface area contributed by atoms with Crippen LogP contribution in [-0.4, -0.2) is 42.3 Å². The molecule has 4 nitrogen and oxygen atoms in total. The van der Waals surface area contributed by atoms with E-state index in [1.807, 2.05) is 31.7 Å². The maximum absolute atomic E-state index is 12.1. The van der Waals surface area contributed by atoms with Gasteiger partial charge in [0.25, 0.3) is 0 Å². The van der Waals surface area contributed by atoms with Crippen molar-refractivity contribution in [3.05, 3.63) is 35.9 Å². The number of hydrogen-bond acceptors (Lipinski definition) is 3. The van der Waals surface area contributed by atoms with Crippen molar-refractivity contribution in [2.75, 3.05) is 19.6 Å². The third-order valence-electron chi connectivity index (χ3n) is 3.53. The Bertz CT molecular complexity index is 454. The number of hydrogen-bond donors (Lipinski definition) is 1. The van der Waals surface area contributed by atoms with Crippen molar-refractivity contribution in [2.24, 2.45) is 0 Å². The van der Waals surface area contributed by atoms with Gasteiger partial charge in [-0.25, -0.2) is 4.79 Å². The van der Waals surface area contributed by atoms with E-state index >= 15 is 0 Å². The van der Waals surface area contributed by atoms with Gasteiger partial charge in [0.2, 0.25) is 0 Å². The monoisotopic (exact) mass is 290 g/mol. The molecule has 0 bridgehead atoms. The van der Waals surface area contributed by atoms with Gasteiger partial charge >= 0.3 is 6.09 Å². The van der Waals surface area contributed by atoms with Crippen LogP contribution in [0.4, 0.5) is 4.79 Å². The summed E-state index contributed by atoms with van der Waals surface area (Å²) in [6.45, 7) is 7.98. The largest absolute Gasteiger partial charge is 0.444 e. The highest BCUT2D eigenvalue weighted by molar-refractivity contribution is 5.68. The molecule has 0 spiro atoms. The van der Waals surface area contributed by atoms with Crippen molar-refractivity contribution >= 4 is 6.09 Å². The van der Waals surface area contributed by atoms with E-state index in [-0.39, 0.29) is 6.09 Å². The van der Waals surface area contributed by atoms with Crippen LogP contribution in [0, 0.1) is 0 Å². The molecule has 1 atom stereocenters. The fourth-order valence-corrected chi connectivity index (χ4v) is 2.50. The van der Waals surface area contributed by atoms with Crippen molar-refractivity contribution in [3.63, 3.8) is 0 Å². The zero-order valence-corrected chi connectivity index (χ0v) is 13.3. The standard InChI is InChI=1S/C17H26N2O2/c1-17(2,3)21-16(20)19-12-11-18-15(13-19)10-9-14-7-5-4-6-8-14/h4-8,15,18H,9-13H2,1-3H3. The van der Waals surface area contributed by atoms with E-state index in [2.05, 4.69) is 29.6 Å². The SMILES string of the molecule is CC(C)(C)OC(=O)N1CCNC(CCc2ccccc2)C1. The summed E-state index contributed by atoms with van der Waals surface area (Å²) >= 11 is 0. The van der Waals surface area contributed by atoms with Crippen LogP contribution < -0.4 is 5.32 Å². The minimum atomic E-state index is -0.429. The van der Waals surface area contributed by atoms with Gasteiger partial charge in [-0.15, -0.1) is 0 Å². The molecule has 1 aromatic carbocycles. The van der Waals surface area contributed by atoms with Crippen LogP contribution in [0.25, 0.3) is 0 Å². The summed E-state index contributed by atoms with van der Waals surface area (Å²) in [5, 5.41) is 3.49. The van der Waals surface area contributed by atoms with Crippen LogP contribution in [0.2, 0.25) is 0 Å². The van der Waals surface area contributed by atoms with Crippen LogP contribution in [0.5, 0.6) is 0 Å². The zero-order chi connectivity index (χ0) is 15.3. The van der Waals surface area contributed by atoms with E-state index < -0.39 is 5.60 Å². The Kier molecular flexibility index (Phi) is 5.23. The summed E-state index contributed by atoms with van der Waals surface area (Å²) in [7, 11) is 0. The normalized spacial score (nSPS) is 19.4. The van der Waals surface area contributed by atoms with E-state index in [0.717, 1.165) is 32.5 Å². The Balaban J connectivity index is 1.82. The highest BCUT2D eigenvalue weighted by atomic mass is 16.6. The van der Waals surface area contributed by atoms with Gasteiger partial charge in [0, 0.05) is 25.7 Å². The van der Waals surface area contributed by atoms with Gasteiger partial charge in [-0.05, 0) is 39.2 Å². The molecule has 1 aliphatic heterocycles. The first-order chi connectivity index (χ1) is 9.94. The molecule has 4 heteroatoms. The number of rotatable bonds is 3. The van der Waals surface area contributed by atoms with Crippen molar-refractivity contribution < 1.29 is 9.53 Å². The molecule has 1 unspecified atom stereocenters. The lowest BCUT2D eigenvalue weighted by atomic mass is 10.0. The van der Waals surface area contributed by atoms with Crippen molar-refractivity contribution in [3.8, 4) is 0 Å². The molecule has 0 aromatic heterocycles. The van der Waals surface area contributed by atoms with Gasteiger partial charge in [-0.2, -0.15) is 0 Å². The molecule has 0 saturated carbocycles. The predicted octanol–water partition coefficient (Wildman–Crippen LogP) is 2.83. The topological polar surface area (TPSA) is 41.6 Å². The number of nitrogens with one attached hydrogen (secondary N) is 1. The number of carbonyl (C=O) groups is 1. The lowest BCUT2D eigenvalue weighted by molar-refractivity contribution is 0.0193. The third-order valence-corrected chi connectivity index (χ3v) is 3.53. The molecule has 21 heavy (non-hydrogen) atoms. The van der Waals surface area contributed by atoms with Gasteiger partial charge in [0.1, 0.15) is 5.60 Å². The van der Waals surface area contributed by atoms with Crippen LogP contribution in [0.1, 0.15) is 32.8 Å². The van der Waals surface area contributed by atoms with Gasteiger partial charge < -0.3 is 15.0 Å². The predicted molar refractivity (Wildman–Crippen MR) is 84.4 cm³/mol. The lowest BCUT2D eigenvalue weighted by Gasteiger charge is -2.35. The summed E-state index contributed by atoms with van der Waals surface area (Å²) in [5.41, 5.74) is 0.912. The second kappa shape index (κ2) is 6.94. The Morgan fingerprint density at radius 3 is 2.71 bits per heavy atom. The van der Waals surface area contributed by atoms with Crippen molar-refractivity contribution in [2.45, 2.75) is 45.3 Å². The number of amides is 1. The highest BCUT2D eigenvalue weighted by Gasteiger charge is 2.27. The maximum atomic E-state index is 12.1. The Hall–Kier alpha value is -1.55. The molecule has 116 valence electrons. The van der Waals surface area contributed by atoms with Gasteiger partial charge in [0.15, 0.2) is 0 Å². The van der Waals surface area contributed by atoms with Crippen LogP contribution in [0.3, 0.4) is 0 Å². The summed E-state index contributed by atoms with van der Waals surface area (Å²) in [6, 6.07) is 10.8.